The third-order valence-corrected chi connectivity index (χ3v) is 6.48. The highest BCUT2D eigenvalue weighted by molar-refractivity contribution is 5.64. The van der Waals surface area contributed by atoms with Gasteiger partial charge in [-0.15, -0.1) is 0 Å². The van der Waals surface area contributed by atoms with E-state index >= 15 is 4.39 Å². The molecule has 28 heavy (non-hydrogen) atoms. The lowest BCUT2D eigenvalue weighted by molar-refractivity contribution is 0.0932. The van der Waals surface area contributed by atoms with Gasteiger partial charge >= 0.3 is 0 Å². The number of halogens is 1. The van der Waals surface area contributed by atoms with Crippen LogP contribution in [0.4, 0.5) is 4.39 Å². The number of nitrogens with one attached hydrogen (secondary N) is 1. The maximum absolute atomic E-state index is 15.0. The van der Waals surface area contributed by atoms with Crippen LogP contribution in [0.15, 0.2) is 48.5 Å². The molecule has 4 heteroatoms. The zero-order valence-corrected chi connectivity index (χ0v) is 16.5. The van der Waals surface area contributed by atoms with Crippen LogP contribution in [0.5, 0.6) is 0 Å². The fourth-order valence-corrected chi connectivity index (χ4v) is 4.82. The Hall–Kier alpha value is -1.75. The molecule has 0 amide bonds. The van der Waals surface area contributed by atoms with E-state index in [2.05, 4.69) is 16.3 Å². The highest BCUT2D eigenvalue weighted by atomic mass is 19.1. The monoisotopic (exact) mass is 382 g/mol. The van der Waals surface area contributed by atoms with Gasteiger partial charge in [0.2, 0.25) is 0 Å². The van der Waals surface area contributed by atoms with E-state index in [1.807, 2.05) is 36.4 Å². The van der Waals surface area contributed by atoms with E-state index in [1.54, 1.807) is 6.07 Å². The van der Waals surface area contributed by atoms with Gasteiger partial charge in [0.15, 0.2) is 0 Å². The first kappa shape index (κ1) is 19.6. The summed E-state index contributed by atoms with van der Waals surface area (Å²) in [7, 11) is 0. The van der Waals surface area contributed by atoms with Crippen molar-refractivity contribution >= 4 is 0 Å². The van der Waals surface area contributed by atoms with Gasteiger partial charge in [0.05, 0.1) is 6.10 Å². The Morgan fingerprint density at radius 1 is 1.00 bits per heavy atom. The van der Waals surface area contributed by atoms with Crippen molar-refractivity contribution in [2.24, 2.45) is 5.92 Å². The average molecular weight is 383 g/mol. The Morgan fingerprint density at radius 3 is 2.39 bits per heavy atom. The summed E-state index contributed by atoms with van der Waals surface area (Å²) in [5.74, 6) is 0.704. The molecule has 0 spiro atoms. The van der Waals surface area contributed by atoms with Crippen LogP contribution >= 0.6 is 0 Å². The Kier molecular flexibility index (Phi) is 6.40. The molecule has 2 aromatic rings. The van der Waals surface area contributed by atoms with Crippen LogP contribution in [-0.4, -0.2) is 48.8 Å². The molecule has 2 N–H and O–H groups in total. The maximum Gasteiger partial charge on any atom is 0.131 e. The van der Waals surface area contributed by atoms with Crippen molar-refractivity contribution in [1.82, 2.24) is 10.2 Å². The summed E-state index contributed by atoms with van der Waals surface area (Å²) in [6, 6.07) is 15.6. The van der Waals surface area contributed by atoms with Gasteiger partial charge in [-0.25, -0.2) is 4.39 Å². The zero-order valence-electron chi connectivity index (χ0n) is 16.5. The molecule has 1 unspecified atom stereocenters. The molecule has 2 fully saturated rings. The van der Waals surface area contributed by atoms with Crippen LogP contribution < -0.4 is 5.32 Å². The minimum Gasteiger partial charge on any atom is -0.393 e. The zero-order chi connectivity index (χ0) is 19.3. The Balaban J connectivity index is 1.58. The molecular weight excluding hydrogens is 351 g/mol. The number of rotatable bonds is 5. The number of piperazine rings is 1. The summed E-state index contributed by atoms with van der Waals surface area (Å²) < 4.78 is 15.0. The molecule has 0 bridgehead atoms. The molecule has 2 aliphatic rings. The van der Waals surface area contributed by atoms with Crippen LogP contribution in [0, 0.1) is 11.7 Å². The lowest BCUT2D eigenvalue weighted by Crippen LogP contribution is -2.46. The van der Waals surface area contributed by atoms with Gasteiger partial charge in [0.1, 0.15) is 5.82 Å². The first-order chi connectivity index (χ1) is 13.7. The second-order valence-electron chi connectivity index (χ2n) is 8.33. The Morgan fingerprint density at radius 2 is 1.71 bits per heavy atom. The molecule has 1 heterocycles. The van der Waals surface area contributed by atoms with Crippen molar-refractivity contribution in [1.29, 1.82) is 0 Å². The van der Waals surface area contributed by atoms with Crippen molar-refractivity contribution in [3.05, 3.63) is 59.9 Å². The lowest BCUT2D eigenvalue weighted by Gasteiger charge is -2.37. The molecule has 1 aliphatic carbocycles. The summed E-state index contributed by atoms with van der Waals surface area (Å²) in [5, 5.41) is 13.3. The number of benzene rings is 2. The van der Waals surface area contributed by atoms with Crippen molar-refractivity contribution in [3.63, 3.8) is 0 Å². The van der Waals surface area contributed by atoms with Crippen molar-refractivity contribution in [2.45, 2.75) is 37.7 Å². The van der Waals surface area contributed by atoms with Crippen molar-refractivity contribution in [2.75, 3.05) is 32.7 Å². The van der Waals surface area contributed by atoms with E-state index in [4.69, 9.17) is 0 Å². The molecule has 1 saturated carbocycles. The SMILES string of the molecule is OC1CCC(C(CN2CCNCC2)c2ccc(-c3ccccc3)c(F)c2)CC1. The summed E-state index contributed by atoms with van der Waals surface area (Å²) >= 11 is 0. The molecule has 1 saturated heterocycles. The van der Waals surface area contributed by atoms with E-state index < -0.39 is 0 Å². The van der Waals surface area contributed by atoms with Gasteiger partial charge in [-0.05, 0) is 54.7 Å². The summed E-state index contributed by atoms with van der Waals surface area (Å²) in [5.41, 5.74) is 2.70. The molecule has 1 atom stereocenters. The largest absolute Gasteiger partial charge is 0.393 e. The van der Waals surface area contributed by atoms with Crippen molar-refractivity contribution in [3.8, 4) is 11.1 Å². The van der Waals surface area contributed by atoms with E-state index in [0.717, 1.165) is 69.5 Å². The van der Waals surface area contributed by atoms with Gasteiger partial charge in [0, 0.05) is 38.3 Å². The quantitative estimate of drug-likeness (QED) is 0.819. The first-order valence-corrected chi connectivity index (χ1v) is 10.7. The molecule has 4 rings (SSSR count). The third kappa shape index (κ3) is 4.62. The van der Waals surface area contributed by atoms with Crippen molar-refractivity contribution < 1.29 is 9.50 Å². The van der Waals surface area contributed by atoms with E-state index in [-0.39, 0.29) is 11.9 Å². The number of aliphatic hydroxyl groups is 1. The third-order valence-electron chi connectivity index (χ3n) is 6.48. The molecular formula is C24H31FN2O. The molecule has 150 valence electrons. The van der Waals surface area contributed by atoms with E-state index in [0.29, 0.717) is 17.4 Å². The average Bonchev–Trinajstić information content (AvgIpc) is 2.74. The summed E-state index contributed by atoms with van der Waals surface area (Å²) in [6.45, 7) is 5.13. The van der Waals surface area contributed by atoms with Crippen LogP contribution in [0.2, 0.25) is 0 Å². The number of nitrogens with zero attached hydrogens (tertiary/aromatic N) is 1. The molecule has 0 radical (unpaired) electrons. The molecule has 0 aromatic heterocycles. The van der Waals surface area contributed by atoms with E-state index in [9.17, 15) is 5.11 Å². The van der Waals surface area contributed by atoms with Gasteiger partial charge in [-0.1, -0.05) is 42.5 Å². The topological polar surface area (TPSA) is 35.5 Å². The second kappa shape index (κ2) is 9.17. The molecule has 2 aromatic carbocycles. The van der Waals surface area contributed by atoms with Crippen LogP contribution in [0.3, 0.4) is 0 Å². The minimum atomic E-state index is -0.159. The smallest absolute Gasteiger partial charge is 0.131 e. The fraction of sp³-hybridized carbons (Fsp3) is 0.500. The Labute approximate surface area is 167 Å². The predicted molar refractivity (Wildman–Crippen MR) is 112 cm³/mol. The Bertz CT molecular complexity index is 752. The van der Waals surface area contributed by atoms with Crippen LogP contribution in [0.1, 0.15) is 37.2 Å². The highest BCUT2D eigenvalue weighted by Gasteiger charge is 2.30. The van der Waals surface area contributed by atoms with Crippen LogP contribution in [-0.2, 0) is 0 Å². The van der Waals surface area contributed by atoms with Gasteiger partial charge < -0.3 is 15.3 Å². The number of hydrogen-bond acceptors (Lipinski definition) is 3. The van der Waals surface area contributed by atoms with Gasteiger partial charge in [-0.2, -0.15) is 0 Å². The lowest BCUT2D eigenvalue weighted by atomic mass is 9.75. The molecule has 3 nitrogen and oxygen atoms in total. The molecule has 1 aliphatic heterocycles. The van der Waals surface area contributed by atoms with Crippen LogP contribution in [0.25, 0.3) is 11.1 Å². The normalized spacial score (nSPS) is 24.8. The highest BCUT2D eigenvalue weighted by Crippen LogP contribution is 2.38. The summed E-state index contributed by atoms with van der Waals surface area (Å²) in [6.07, 6.45) is 3.63. The standard InChI is InChI=1S/C24H31FN2O/c25-24-16-20(8-11-22(24)18-4-2-1-3-5-18)23(17-27-14-12-26-13-15-27)19-6-9-21(28)10-7-19/h1-5,8,11,16,19,21,23,26,28H,6-7,9-10,12-15,17H2. The summed E-state index contributed by atoms with van der Waals surface area (Å²) in [4.78, 5) is 2.51. The number of hydrogen-bond donors (Lipinski definition) is 2. The minimum absolute atomic E-state index is 0.134. The second-order valence-corrected chi connectivity index (χ2v) is 8.33. The van der Waals surface area contributed by atoms with Gasteiger partial charge in [0.25, 0.3) is 0 Å². The first-order valence-electron chi connectivity index (χ1n) is 10.7. The van der Waals surface area contributed by atoms with E-state index in [1.165, 1.54) is 0 Å². The maximum atomic E-state index is 15.0. The van der Waals surface area contributed by atoms with Gasteiger partial charge in [-0.3, -0.25) is 0 Å². The predicted octanol–water partition coefficient (Wildman–Crippen LogP) is 4.03. The fourth-order valence-electron chi connectivity index (χ4n) is 4.82. The number of aliphatic hydroxyl groups excluding tert-OH is 1.